The molecular formula is C40H39Cl4N3O5. The van der Waals surface area contributed by atoms with E-state index in [0.717, 1.165) is 22.3 Å². The molecule has 1 saturated heterocycles. The van der Waals surface area contributed by atoms with E-state index in [-0.39, 0.29) is 37.8 Å². The number of amides is 3. The molecule has 3 amide bonds. The number of methoxy groups -OCH3 is 1. The number of carbonyl (C=O) groups excluding carboxylic acids is 4. The first-order valence-corrected chi connectivity index (χ1v) is 18.5. The van der Waals surface area contributed by atoms with Gasteiger partial charge in [-0.15, -0.1) is 0 Å². The van der Waals surface area contributed by atoms with Gasteiger partial charge in [0.2, 0.25) is 17.7 Å². The van der Waals surface area contributed by atoms with E-state index in [1.165, 1.54) is 21.8 Å². The number of piperazine rings is 1. The summed E-state index contributed by atoms with van der Waals surface area (Å²) in [6, 6.07) is 32.7. The van der Waals surface area contributed by atoms with E-state index < -0.39 is 47.8 Å². The number of hydrogen-bond acceptors (Lipinski definition) is 5. The molecule has 1 aliphatic rings. The second-order valence-corrected chi connectivity index (χ2v) is 14.4. The van der Waals surface area contributed by atoms with Crippen LogP contribution in [0.4, 0.5) is 0 Å². The van der Waals surface area contributed by atoms with Crippen LogP contribution >= 0.6 is 46.4 Å². The van der Waals surface area contributed by atoms with Crippen molar-refractivity contribution in [2.45, 2.75) is 48.6 Å². The summed E-state index contributed by atoms with van der Waals surface area (Å²) in [5, 5.41) is 1.10. The van der Waals surface area contributed by atoms with Gasteiger partial charge < -0.3 is 19.4 Å². The second kappa shape index (κ2) is 18.6. The maximum absolute atomic E-state index is 14.4. The third-order valence-corrected chi connectivity index (χ3v) is 10.4. The molecule has 0 N–H and O–H groups in total. The smallest absolute Gasteiger partial charge is 0.325 e. The number of nitrogens with zero attached hydrogens (tertiary/aromatic N) is 3. The number of benzene rings is 4. The summed E-state index contributed by atoms with van der Waals surface area (Å²) in [5.74, 6) is -2.18. The van der Waals surface area contributed by atoms with Gasteiger partial charge >= 0.3 is 5.97 Å². The van der Waals surface area contributed by atoms with Crippen molar-refractivity contribution < 1.29 is 23.9 Å². The van der Waals surface area contributed by atoms with Crippen molar-refractivity contribution in [2.24, 2.45) is 0 Å². The van der Waals surface area contributed by atoms with Crippen LogP contribution in [-0.4, -0.2) is 82.2 Å². The van der Waals surface area contributed by atoms with E-state index in [2.05, 4.69) is 0 Å². The zero-order valence-electron chi connectivity index (χ0n) is 28.5. The average Bonchev–Trinajstić information content (AvgIpc) is 3.15. The third kappa shape index (κ3) is 10.3. The highest BCUT2D eigenvalue weighted by Gasteiger charge is 2.44. The van der Waals surface area contributed by atoms with Crippen molar-refractivity contribution in [3.05, 3.63) is 141 Å². The molecule has 0 spiro atoms. The average molecular weight is 784 g/mol. The fourth-order valence-corrected chi connectivity index (χ4v) is 7.32. The molecule has 52 heavy (non-hydrogen) atoms. The van der Waals surface area contributed by atoms with E-state index in [1.54, 1.807) is 48.5 Å². The topological polar surface area (TPSA) is 87.2 Å². The van der Waals surface area contributed by atoms with Crippen molar-refractivity contribution in [3.63, 3.8) is 0 Å². The minimum absolute atomic E-state index is 0.0900. The molecule has 8 nitrogen and oxygen atoms in total. The molecule has 1 aliphatic heterocycles. The van der Waals surface area contributed by atoms with Crippen LogP contribution in [0.15, 0.2) is 109 Å². The van der Waals surface area contributed by atoms with Crippen LogP contribution in [0.2, 0.25) is 10.0 Å². The van der Waals surface area contributed by atoms with Crippen LogP contribution in [0, 0.1) is 0 Å². The molecule has 3 atom stereocenters. The number of ether oxygens (including phenoxy) is 1. The van der Waals surface area contributed by atoms with Crippen LogP contribution in [0.25, 0.3) is 0 Å². The Kier molecular flexibility index (Phi) is 14.0. The van der Waals surface area contributed by atoms with Gasteiger partial charge in [-0.1, -0.05) is 131 Å². The van der Waals surface area contributed by atoms with Crippen LogP contribution in [0.5, 0.6) is 0 Å². The molecule has 0 saturated carbocycles. The molecule has 1 heterocycles. The van der Waals surface area contributed by atoms with Crippen LogP contribution in [0.3, 0.4) is 0 Å². The number of carbonyl (C=O) groups is 4. The van der Waals surface area contributed by atoms with Gasteiger partial charge in [0, 0.05) is 35.3 Å². The molecule has 272 valence electrons. The zero-order chi connectivity index (χ0) is 37.2. The molecule has 5 rings (SSSR count). The van der Waals surface area contributed by atoms with Gasteiger partial charge in [0.15, 0.2) is 0 Å². The first-order valence-electron chi connectivity index (χ1n) is 16.9. The van der Waals surface area contributed by atoms with Crippen molar-refractivity contribution in [2.75, 3.05) is 26.7 Å². The molecular weight excluding hydrogens is 744 g/mol. The summed E-state index contributed by atoms with van der Waals surface area (Å²) in [7, 11) is 1.22. The number of hydrogen-bond donors (Lipinski definition) is 0. The van der Waals surface area contributed by atoms with Crippen molar-refractivity contribution in [1.29, 1.82) is 0 Å². The van der Waals surface area contributed by atoms with E-state index in [4.69, 9.17) is 51.1 Å². The minimum atomic E-state index is -1.20. The summed E-state index contributed by atoms with van der Waals surface area (Å²) in [6.45, 7) is -0.525. The van der Waals surface area contributed by atoms with Gasteiger partial charge in [0.05, 0.1) is 13.5 Å². The second-order valence-electron chi connectivity index (χ2n) is 12.6. The highest BCUT2D eigenvalue weighted by molar-refractivity contribution is 6.30. The van der Waals surface area contributed by atoms with E-state index in [1.807, 2.05) is 60.7 Å². The van der Waals surface area contributed by atoms with E-state index in [0.29, 0.717) is 16.5 Å². The van der Waals surface area contributed by atoms with Gasteiger partial charge in [0.25, 0.3) is 0 Å². The SMILES string of the molecule is COC(=O)CN(C(=O)CC1C(=O)N(C(Cl)Cc2ccc(Cl)cc2)CC(=O)N1CCC(c1ccccc1)c1ccccc1)C(Cl)Cc1ccc(Cl)cc1. The standard InChI is InChI=1S/C40H39Cl4N3O5/c1-52-39(50)26-46(35(43)22-27-12-16-31(41)17-13-27)37(48)24-34-40(51)47(36(44)23-28-14-18-32(42)19-15-28)25-38(49)45(34)21-20-33(29-8-4-2-5-9-29)30-10-6-3-7-11-30/h2-19,33-36H,20-26H2,1H3. The molecule has 0 radical (unpaired) electrons. The molecule has 4 aromatic carbocycles. The lowest BCUT2D eigenvalue weighted by atomic mass is 9.88. The van der Waals surface area contributed by atoms with Crippen LogP contribution < -0.4 is 0 Å². The Morgan fingerprint density at radius 1 is 0.788 bits per heavy atom. The number of halogens is 4. The molecule has 0 aliphatic carbocycles. The number of alkyl halides is 2. The lowest BCUT2D eigenvalue weighted by Gasteiger charge is -2.43. The highest BCUT2D eigenvalue weighted by atomic mass is 35.5. The summed E-state index contributed by atoms with van der Waals surface area (Å²) >= 11 is 25.8. The summed E-state index contributed by atoms with van der Waals surface area (Å²) in [5.41, 5.74) is 1.86. The summed E-state index contributed by atoms with van der Waals surface area (Å²) in [4.78, 5) is 59.1. The van der Waals surface area contributed by atoms with E-state index in [9.17, 15) is 19.2 Å². The molecule has 0 aromatic heterocycles. The predicted octanol–water partition coefficient (Wildman–Crippen LogP) is 7.56. The fourth-order valence-electron chi connectivity index (χ4n) is 6.37. The Morgan fingerprint density at radius 2 is 1.31 bits per heavy atom. The molecule has 4 aromatic rings. The number of rotatable bonds is 15. The molecule has 3 unspecified atom stereocenters. The summed E-state index contributed by atoms with van der Waals surface area (Å²) < 4.78 is 4.88. The Hall–Kier alpha value is -4.08. The third-order valence-electron chi connectivity index (χ3n) is 9.16. The molecule has 1 fully saturated rings. The summed E-state index contributed by atoms with van der Waals surface area (Å²) in [6.07, 6.45) is 0.499. The molecule has 12 heteroatoms. The maximum atomic E-state index is 14.4. The predicted molar refractivity (Wildman–Crippen MR) is 204 cm³/mol. The quantitative estimate of drug-likeness (QED) is 0.0706. The van der Waals surface area contributed by atoms with Crippen LogP contribution in [0.1, 0.15) is 41.0 Å². The lowest BCUT2D eigenvalue weighted by Crippen LogP contribution is -2.63. The Balaban J connectivity index is 1.43. The first-order chi connectivity index (χ1) is 25.0. The lowest BCUT2D eigenvalue weighted by molar-refractivity contribution is -0.159. The molecule has 0 bridgehead atoms. The monoisotopic (exact) mass is 781 g/mol. The maximum Gasteiger partial charge on any atom is 0.325 e. The van der Waals surface area contributed by atoms with Crippen molar-refractivity contribution in [3.8, 4) is 0 Å². The van der Waals surface area contributed by atoms with Crippen molar-refractivity contribution >= 4 is 70.1 Å². The minimum Gasteiger partial charge on any atom is -0.468 e. The Labute approximate surface area is 324 Å². The Morgan fingerprint density at radius 3 is 1.83 bits per heavy atom. The highest BCUT2D eigenvalue weighted by Crippen LogP contribution is 2.31. The zero-order valence-corrected chi connectivity index (χ0v) is 31.6. The van der Waals surface area contributed by atoms with Gasteiger partial charge in [-0.2, -0.15) is 0 Å². The van der Waals surface area contributed by atoms with Crippen molar-refractivity contribution in [1.82, 2.24) is 14.7 Å². The van der Waals surface area contributed by atoms with E-state index >= 15 is 0 Å². The van der Waals surface area contributed by atoms with Gasteiger partial charge in [0.1, 0.15) is 30.1 Å². The fraction of sp³-hybridized carbons (Fsp3) is 0.300. The number of esters is 1. The van der Waals surface area contributed by atoms with Gasteiger partial charge in [-0.3, -0.25) is 19.2 Å². The Bertz CT molecular complexity index is 1770. The largest absolute Gasteiger partial charge is 0.468 e. The van der Waals surface area contributed by atoms with Crippen LogP contribution in [-0.2, 0) is 36.8 Å². The van der Waals surface area contributed by atoms with Gasteiger partial charge in [-0.05, 0) is 52.9 Å². The normalized spacial score (nSPS) is 15.8. The first kappa shape index (κ1) is 39.1. The van der Waals surface area contributed by atoms with Gasteiger partial charge in [-0.25, -0.2) is 0 Å².